The molecule has 1 aromatic carbocycles. The van der Waals surface area contributed by atoms with Gasteiger partial charge in [0.2, 0.25) is 0 Å². The standard InChI is InChI=1S/C17H26N2O3/c1-4-21-12-15-7-5-14(6-8-15)11-18-16(20)19-9-10-22-17(2,3)13-19/h5-8H,4,9-13H2,1-3H3,(H,18,20). The lowest BCUT2D eigenvalue weighted by molar-refractivity contribution is -0.0733. The normalized spacial score (nSPS) is 17.3. The maximum Gasteiger partial charge on any atom is 0.317 e. The number of rotatable bonds is 5. The molecule has 1 aromatic rings. The van der Waals surface area contributed by atoms with Gasteiger partial charge in [-0.2, -0.15) is 0 Å². The molecule has 0 saturated carbocycles. The van der Waals surface area contributed by atoms with Crippen molar-refractivity contribution in [2.45, 2.75) is 39.5 Å². The highest BCUT2D eigenvalue weighted by Crippen LogP contribution is 2.16. The first-order valence-electron chi connectivity index (χ1n) is 7.82. The van der Waals surface area contributed by atoms with Crippen LogP contribution in [-0.2, 0) is 22.6 Å². The van der Waals surface area contributed by atoms with Crippen molar-refractivity contribution in [1.29, 1.82) is 0 Å². The first-order valence-corrected chi connectivity index (χ1v) is 7.82. The van der Waals surface area contributed by atoms with Gasteiger partial charge in [0.15, 0.2) is 0 Å². The first-order chi connectivity index (χ1) is 10.5. The minimum absolute atomic E-state index is 0.0326. The van der Waals surface area contributed by atoms with Crippen LogP contribution in [0, 0.1) is 0 Å². The summed E-state index contributed by atoms with van der Waals surface area (Å²) in [5.74, 6) is 0. The molecule has 5 heteroatoms. The number of amides is 2. The molecule has 0 atom stereocenters. The van der Waals surface area contributed by atoms with Crippen LogP contribution in [0.2, 0.25) is 0 Å². The predicted octanol–water partition coefficient (Wildman–Crippen LogP) is 2.54. The molecule has 0 spiro atoms. The fraction of sp³-hybridized carbons (Fsp3) is 0.588. The number of carbonyl (C=O) groups excluding carboxylic acids is 1. The van der Waals surface area contributed by atoms with Gasteiger partial charge < -0.3 is 19.7 Å². The molecule has 0 unspecified atom stereocenters. The van der Waals surface area contributed by atoms with Gasteiger partial charge in [0.1, 0.15) is 0 Å². The summed E-state index contributed by atoms with van der Waals surface area (Å²) in [6.07, 6.45) is 0. The Hall–Kier alpha value is -1.59. The fourth-order valence-electron chi connectivity index (χ4n) is 2.45. The van der Waals surface area contributed by atoms with Crippen LogP contribution in [-0.4, -0.2) is 42.8 Å². The molecule has 1 heterocycles. The molecule has 0 aromatic heterocycles. The number of hydrogen-bond donors (Lipinski definition) is 1. The summed E-state index contributed by atoms with van der Waals surface area (Å²) in [4.78, 5) is 14.0. The van der Waals surface area contributed by atoms with Crippen LogP contribution in [0.5, 0.6) is 0 Å². The molecule has 0 bridgehead atoms. The van der Waals surface area contributed by atoms with E-state index in [1.165, 1.54) is 0 Å². The third-order valence-electron chi connectivity index (χ3n) is 3.65. The van der Waals surface area contributed by atoms with E-state index in [9.17, 15) is 4.79 Å². The highest BCUT2D eigenvalue weighted by molar-refractivity contribution is 5.74. The Kier molecular flexibility index (Phi) is 5.80. The molecule has 2 amide bonds. The summed E-state index contributed by atoms with van der Waals surface area (Å²) in [6.45, 7) is 9.72. The molecule has 1 saturated heterocycles. The lowest BCUT2D eigenvalue weighted by Crippen LogP contribution is -2.53. The molecule has 1 aliphatic heterocycles. The Bertz CT molecular complexity index is 485. The van der Waals surface area contributed by atoms with Gasteiger partial charge in [0.25, 0.3) is 0 Å². The minimum atomic E-state index is -0.267. The molecular weight excluding hydrogens is 280 g/mol. The van der Waals surface area contributed by atoms with E-state index in [-0.39, 0.29) is 11.6 Å². The van der Waals surface area contributed by atoms with E-state index in [4.69, 9.17) is 9.47 Å². The Labute approximate surface area is 132 Å². The maximum atomic E-state index is 12.2. The zero-order valence-electron chi connectivity index (χ0n) is 13.7. The van der Waals surface area contributed by atoms with Crippen LogP contribution >= 0.6 is 0 Å². The van der Waals surface area contributed by atoms with Crippen LogP contribution in [0.1, 0.15) is 31.9 Å². The summed E-state index contributed by atoms with van der Waals surface area (Å²) in [7, 11) is 0. The molecule has 2 rings (SSSR count). The second-order valence-corrected chi connectivity index (χ2v) is 6.14. The van der Waals surface area contributed by atoms with Gasteiger partial charge in [-0.3, -0.25) is 0 Å². The van der Waals surface area contributed by atoms with Crippen molar-refractivity contribution in [3.05, 3.63) is 35.4 Å². The number of urea groups is 1. The average molecular weight is 306 g/mol. The molecule has 0 aliphatic carbocycles. The third kappa shape index (κ3) is 5.00. The van der Waals surface area contributed by atoms with Crippen LogP contribution in [0.4, 0.5) is 4.79 Å². The summed E-state index contributed by atoms with van der Waals surface area (Å²) < 4.78 is 11.0. The molecule has 22 heavy (non-hydrogen) atoms. The van der Waals surface area contributed by atoms with E-state index >= 15 is 0 Å². The van der Waals surface area contributed by atoms with Crippen molar-refractivity contribution in [2.24, 2.45) is 0 Å². The van der Waals surface area contributed by atoms with Crippen LogP contribution < -0.4 is 5.32 Å². The van der Waals surface area contributed by atoms with Gasteiger partial charge in [0.05, 0.1) is 25.4 Å². The second-order valence-electron chi connectivity index (χ2n) is 6.14. The lowest BCUT2D eigenvalue weighted by Gasteiger charge is -2.38. The Balaban J connectivity index is 1.80. The largest absolute Gasteiger partial charge is 0.377 e. The second kappa shape index (κ2) is 7.61. The SMILES string of the molecule is CCOCc1ccc(CNC(=O)N2CCOC(C)(C)C2)cc1. The maximum absolute atomic E-state index is 12.2. The van der Waals surface area contributed by atoms with Gasteiger partial charge >= 0.3 is 6.03 Å². The zero-order chi connectivity index (χ0) is 16.0. The Morgan fingerprint density at radius 1 is 1.32 bits per heavy atom. The van der Waals surface area contributed by atoms with Gasteiger partial charge in [-0.1, -0.05) is 24.3 Å². The van der Waals surface area contributed by atoms with Crippen LogP contribution in [0.3, 0.4) is 0 Å². The van der Waals surface area contributed by atoms with Crippen LogP contribution in [0.25, 0.3) is 0 Å². The van der Waals surface area contributed by atoms with Gasteiger partial charge in [-0.25, -0.2) is 4.79 Å². The lowest BCUT2D eigenvalue weighted by atomic mass is 10.1. The quantitative estimate of drug-likeness (QED) is 0.909. The van der Waals surface area contributed by atoms with Crippen molar-refractivity contribution < 1.29 is 14.3 Å². The smallest absolute Gasteiger partial charge is 0.317 e. The highest BCUT2D eigenvalue weighted by Gasteiger charge is 2.29. The number of benzene rings is 1. The van der Waals surface area contributed by atoms with E-state index < -0.39 is 0 Å². The van der Waals surface area contributed by atoms with E-state index in [1.54, 1.807) is 0 Å². The molecular formula is C17H26N2O3. The number of carbonyl (C=O) groups is 1. The first kappa shape index (κ1) is 16.8. The summed E-state index contributed by atoms with van der Waals surface area (Å²) >= 11 is 0. The Morgan fingerprint density at radius 2 is 2.00 bits per heavy atom. The highest BCUT2D eigenvalue weighted by atomic mass is 16.5. The number of nitrogens with one attached hydrogen (secondary N) is 1. The van der Waals surface area contributed by atoms with Crippen molar-refractivity contribution in [2.75, 3.05) is 26.3 Å². The van der Waals surface area contributed by atoms with Gasteiger partial charge in [-0.05, 0) is 31.9 Å². The topological polar surface area (TPSA) is 50.8 Å². The van der Waals surface area contributed by atoms with Crippen molar-refractivity contribution in [3.8, 4) is 0 Å². The van der Waals surface area contributed by atoms with Gasteiger partial charge in [-0.15, -0.1) is 0 Å². The van der Waals surface area contributed by atoms with E-state index in [0.717, 1.165) is 11.1 Å². The van der Waals surface area contributed by atoms with Crippen LogP contribution in [0.15, 0.2) is 24.3 Å². The predicted molar refractivity (Wildman–Crippen MR) is 85.6 cm³/mol. The summed E-state index contributed by atoms with van der Waals surface area (Å²) in [5, 5.41) is 2.97. The summed E-state index contributed by atoms with van der Waals surface area (Å²) in [5.41, 5.74) is 1.96. The van der Waals surface area contributed by atoms with Crippen molar-refractivity contribution >= 4 is 6.03 Å². The van der Waals surface area contributed by atoms with Crippen molar-refractivity contribution in [1.82, 2.24) is 10.2 Å². The molecule has 1 N–H and O–H groups in total. The zero-order valence-corrected chi connectivity index (χ0v) is 13.7. The average Bonchev–Trinajstić information content (AvgIpc) is 2.50. The molecule has 122 valence electrons. The van der Waals surface area contributed by atoms with Gasteiger partial charge in [0, 0.05) is 19.7 Å². The monoisotopic (exact) mass is 306 g/mol. The molecule has 1 fully saturated rings. The molecule has 0 radical (unpaired) electrons. The fourth-order valence-corrected chi connectivity index (χ4v) is 2.45. The number of morpholine rings is 1. The van der Waals surface area contributed by atoms with E-state index in [0.29, 0.717) is 39.5 Å². The van der Waals surface area contributed by atoms with Crippen molar-refractivity contribution in [3.63, 3.8) is 0 Å². The summed E-state index contributed by atoms with van der Waals surface area (Å²) in [6, 6.07) is 8.09. The Morgan fingerprint density at radius 3 is 2.64 bits per heavy atom. The van der Waals surface area contributed by atoms with E-state index in [1.807, 2.05) is 49.9 Å². The number of hydrogen-bond acceptors (Lipinski definition) is 3. The minimum Gasteiger partial charge on any atom is -0.377 e. The number of nitrogens with zero attached hydrogens (tertiary/aromatic N) is 1. The van der Waals surface area contributed by atoms with E-state index in [2.05, 4.69) is 5.32 Å². The third-order valence-corrected chi connectivity index (χ3v) is 3.65. The molecule has 1 aliphatic rings. The molecule has 5 nitrogen and oxygen atoms in total. The number of ether oxygens (including phenoxy) is 2.